The molecule has 0 heterocycles. The van der Waals surface area contributed by atoms with Crippen molar-refractivity contribution in [3.63, 3.8) is 0 Å². The first-order valence-corrected chi connectivity index (χ1v) is 6.93. The highest BCUT2D eigenvalue weighted by Gasteiger charge is 2.28. The second-order valence-corrected chi connectivity index (χ2v) is 5.73. The molecule has 0 saturated carbocycles. The summed E-state index contributed by atoms with van der Waals surface area (Å²) in [5.74, 6) is -0.153. The second-order valence-electron chi connectivity index (χ2n) is 5.73. The van der Waals surface area contributed by atoms with Crippen LogP contribution in [0.5, 0.6) is 0 Å². The highest BCUT2D eigenvalue weighted by molar-refractivity contribution is 5.68. The lowest BCUT2D eigenvalue weighted by Gasteiger charge is -2.30. The van der Waals surface area contributed by atoms with Gasteiger partial charge < -0.3 is 10.4 Å². The van der Waals surface area contributed by atoms with Crippen LogP contribution in [0, 0.1) is 5.92 Å². The Hall–Kier alpha value is -1.35. The van der Waals surface area contributed by atoms with Gasteiger partial charge in [-0.1, -0.05) is 45.0 Å². The third-order valence-electron chi connectivity index (χ3n) is 3.31. The Morgan fingerprint density at radius 1 is 1.32 bits per heavy atom. The van der Waals surface area contributed by atoms with Gasteiger partial charge in [-0.3, -0.25) is 4.79 Å². The van der Waals surface area contributed by atoms with E-state index in [4.69, 9.17) is 5.11 Å². The fourth-order valence-electron chi connectivity index (χ4n) is 2.44. The first-order valence-electron chi connectivity index (χ1n) is 6.93. The molecule has 106 valence electrons. The topological polar surface area (TPSA) is 49.3 Å². The van der Waals surface area contributed by atoms with Gasteiger partial charge in [-0.15, -0.1) is 0 Å². The van der Waals surface area contributed by atoms with Crippen LogP contribution >= 0.6 is 0 Å². The van der Waals surface area contributed by atoms with Crippen molar-refractivity contribution in [1.29, 1.82) is 0 Å². The first kappa shape index (κ1) is 15.7. The average molecular weight is 263 g/mol. The van der Waals surface area contributed by atoms with Gasteiger partial charge in [0.25, 0.3) is 0 Å². The molecule has 0 fully saturated rings. The molecular weight excluding hydrogens is 238 g/mol. The van der Waals surface area contributed by atoms with E-state index in [1.165, 1.54) is 5.56 Å². The third kappa shape index (κ3) is 4.67. The molecule has 3 nitrogen and oxygen atoms in total. The molecule has 1 unspecified atom stereocenters. The number of benzene rings is 1. The number of aliphatic carboxylic acids is 1. The number of hydrogen-bond acceptors (Lipinski definition) is 2. The van der Waals surface area contributed by atoms with Crippen molar-refractivity contribution < 1.29 is 9.90 Å². The van der Waals surface area contributed by atoms with Gasteiger partial charge in [-0.2, -0.15) is 0 Å². The normalized spacial score (nSPS) is 14.4. The summed E-state index contributed by atoms with van der Waals surface area (Å²) in [7, 11) is 0. The summed E-state index contributed by atoms with van der Waals surface area (Å²) in [6.07, 6.45) is 1.14. The maximum Gasteiger partial charge on any atom is 0.305 e. The van der Waals surface area contributed by atoms with Gasteiger partial charge in [0, 0.05) is 0 Å². The van der Waals surface area contributed by atoms with Crippen LogP contribution in [0.3, 0.4) is 0 Å². The molecule has 0 aliphatic rings. The molecule has 1 rings (SSSR count). The molecular formula is C16H25NO2. The van der Waals surface area contributed by atoms with Crippen LogP contribution in [-0.4, -0.2) is 17.6 Å². The lowest BCUT2D eigenvalue weighted by Crippen LogP contribution is -2.41. The predicted octanol–water partition coefficient (Wildman–Crippen LogP) is 3.18. The summed E-state index contributed by atoms with van der Waals surface area (Å²) in [5, 5.41) is 12.4. The molecule has 0 saturated heterocycles. The van der Waals surface area contributed by atoms with Crippen molar-refractivity contribution in [2.24, 2.45) is 5.92 Å². The van der Waals surface area contributed by atoms with E-state index in [0.717, 1.165) is 18.5 Å². The number of carbonyl (C=O) groups is 1. The average Bonchev–Trinajstić information content (AvgIpc) is 2.28. The number of hydrogen-bond donors (Lipinski definition) is 2. The monoisotopic (exact) mass is 263 g/mol. The number of rotatable bonds is 7. The van der Waals surface area contributed by atoms with E-state index in [-0.39, 0.29) is 6.42 Å². The van der Waals surface area contributed by atoms with Crippen LogP contribution < -0.4 is 5.32 Å². The molecule has 1 aromatic carbocycles. The van der Waals surface area contributed by atoms with E-state index < -0.39 is 11.5 Å². The molecule has 1 aromatic rings. The Morgan fingerprint density at radius 3 is 2.32 bits per heavy atom. The smallest absolute Gasteiger partial charge is 0.305 e. The highest BCUT2D eigenvalue weighted by Crippen LogP contribution is 2.25. The molecule has 2 N–H and O–H groups in total. The van der Waals surface area contributed by atoms with Crippen LogP contribution in [0.15, 0.2) is 24.3 Å². The predicted molar refractivity (Wildman–Crippen MR) is 78.3 cm³/mol. The van der Waals surface area contributed by atoms with Gasteiger partial charge in [-0.25, -0.2) is 0 Å². The summed E-state index contributed by atoms with van der Waals surface area (Å²) < 4.78 is 0. The zero-order chi connectivity index (χ0) is 14.5. The van der Waals surface area contributed by atoms with Gasteiger partial charge in [0.15, 0.2) is 0 Å². The maximum atomic E-state index is 11.0. The van der Waals surface area contributed by atoms with Crippen LogP contribution in [0.1, 0.15) is 45.2 Å². The number of carboxylic acid groups (broad SMARTS) is 1. The Morgan fingerprint density at radius 2 is 1.89 bits per heavy atom. The quantitative estimate of drug-likeness (QED) is 0.794. The summed E-state index contributed by atoms with van der Waals surface area (Å²) in [5.41, 5.74) is 1.83. The Balaban J connectivity index is 2.93. The Labute approximate surface area is 116 Å². The zero-order valence-electron chi connectivity index (χ0n) is 12.4. The fourth-order valence-corrected chi connectivity index (χ4v) is 2.44. The largest absolute Gasteiger partial charge is 0.481 e. The van der Waals surface area contributed by atoms with Crippen molar-refractivity contribution >= 4 is 5.97 Å². The molecule has 0 radical (unpaired) electrons. The Kier molecular flexibility index (Phi) is 5.55. The van der Waals surface area contributed by atoms with Crippen molar-refractivity contribution in [2.45, 2.75) is 46.1 Å². The molecule has 3 heteroatoms. The second kappa shape index (κ2) is 6.71. The molecule has 0 aromatic heterocycles. The highest BCUT2D eigenvalue weighted by atomic mass is 16.4. The number of nitrogens with one attached hydrogen (secondary N) is 1. The molecule has 19 heavy (non-hydrogen) atoms. The summed E-state index contributed by atoms with van der Waals surface area (Å²) >= 11 is 0. The van der Waals surface area contributed by atoms with Crippen molar-refractivity contribution in [1.82, 2.24) is 5.32 Å². The van der Waals surface area contributed by atoms with E-state index in [9.17, 15) is 4.79 Å². The Bertz CT molecular complexity index is 411. The van der Waals surface area contributed by atoms with Gasteiger partial charge in [-0.05, 0) is 36.9 Å². The SMILES string of the molecule is CCNC(C)(CC(=O)O)c1ccc(CC(C)C)cc1. The minimum Gasteiger partial charge on any atom is -0.481 e. The molecule has 0 amide bonds. The summed E-state index contributed by atoms with van der Waals surface area (Å²) in [6, 6.07) is 8.30. The van der Waals surface area contributed by atoms with E-state index in [2.05, 4.69) is 31.3 Å². The van der Waals surface area contributed by atoms with Crippen molar-refractivity contribution in [3.8, 4) is 0 Å². The molecule has 0 spiro atoms. The zero-order valence-corrected chi connectivity index (χ0v) is 12.4. The fraction of sp³-hybridized carbons (Fsp3) is 0.562. The van der Waals surface area contributed by atoms with Gasteiger partial charge in [0.05, 0.1) is 12.0 Å². The summed E-state index contributed by atoms with van der Waals surface area (Å²) in [6.45, 7) is 9.08. The lowest BCUT2D eigenvalue weighted by atomic mass is 9.87. The van der Waals surface area contributed by atoms with Crippen LogP contribution in [0.4, 0.5) is 0 Å². The van der Waals surface area contributed by atoms with Crippen molar-refractivity contribution in [3.05, 3.63) is 35.4 Å². The standard InChI is InChI=1S/C16H25NO2/c1-5-17-16(4,11-15(18)19)14-8-6-13(7-9-14)10-12(2)3/h6-9,12,17H,5,10-11H2,1-4H3,(H,18,19). The maximum absolute atomic E-state index is 11.0. The summed E-state index contributed by atoms with van der Waals surface area (Å²) in [4.78, 5) is 11.0. The van der Waals surface area contributed by atoms with E-state index >= 15 is 0 Å². The minimum atomic E-state index is -0.783. The van der Waals surface area contributed by atoms with Gasteiger partial charge in [0.2, 0.25) is 0 Å². The van der Waals surface area contributed by atoms with Crippen molar-refractivity contribution in [2.75, 3.05) is 6.54 Å². The van der Waals surface area contributed by atoms with Crippen LogP contribution in [0.25, 0.3) is 0 Å². The van der Waals surface area contributed by atoms with E-state index in [0.29, 0.717) is 5.92 Å². The molecule has 0 bridgehead atoms. The molecule has 1 atom stereocenters. The van der Waals surface area contributed by atoms with Gasteiger partial charge in [0.1, 0.15) is 0 Å². The number of carboxylic acids is 1. The molecule has 0 aliphatic heterocycles. The third-order valence-corrected chi connectivity index (χ3v) is 3.31. The van der Waals surface area contributed by atoms with E-state index in [1.807, 2.05) is 26.0 Å². The van der Waals surface area contributed by atoms with Crippen LogP contribution in [-0.2, 0) is 16.8 Å². The first-order chi connectivity index (χ1) is 8.87. The van der Waals surface area contributed by atoms with Crippen LogP contribution in [0.2, 0.25) is 0 Å². The minimum absolute atomic E-state index is 0.0877. The molecule has 0 aliphatic carbocycles. The van der Waals surface area contributed by atoms with E-state index in [1.54, 1.807) is 0 Å². The van der Waals surface area contributed by atoms with Gasteiger partial charge >= 0.3 is 5.97 Å². The lowest BCUT2D eigenvalue weighted by molar-refractivity contribution is -0.138.